The Morgan fingerprint density at radius 2 is 1.82 bits per heavy atom. The Morgan fingerprint density at radius 3 is 2.57 bits per heavy atom. The lowest BCUT2D eigenvalue weighted by atomic mass is 10.1. The van der Waals surface area contributed by atoms with Crippen LogP contribution >= 0.6 is 11.3 Å². The minimum Gasteiger partial charge on any atom is -0.459 e. The number of benzene rings is 2. The third-order valence-corrected chi connectivity index (χ3v) is 5.31. The molecule has 0 spiro atoms. The highest BCUT2D eigenvalue weighted by Gasteiger charge is 2.13. The normalized spacial score (nSPS) is 10.8. The lowest BCUT2D eigenvalue weighted by molar-refractivity contribution is 0.0994. The number of aromatic nitrogens is 1. The molecule has 28 heavy (non-hydrogen) atoms. The number of nitrogens with one attached hydrogen (secondary N) is 2. The number of fused-ring (bicyclic) bond motifs is 1. The molecule has 0 saturated carbocycles. The molecule has 0 fully saturated rings. The van der Waals surface area contributed by atoms with Gasteiger partial charge in [-0.25, -0.2) is 4.98 Å². The molecular weight excluding hydrogens is 374 g/mol. The first kappa shape index (κ1) is 17.9. The number of carbonyl (C=O) groups excluding carboxylic acids is 2. The van der Waals surface area contributed by atoms with Gasteiger partial charge in [-0.3, -0.25) is 14.9 Å². The van der Waals surface area contributed by atoms with Crippen molar-refractivity contribution < 1.29 is 14.0 Å². The van der Waals surface area contributed by atoms with Gasteiger partial charge in [0.15, 0.2) is 10.9 Å². The van der Waals surface area contributed by atoms with Crippen molar-refractivity contribution in [2.45, 2.75) is 13.8 Å². The van der Waals surface area contributed by atoms with Crippen molar-refractivity contribution in [2.75, 3.05) is 10.6 Å². The molecule has 0 atom stereocenters. The van der Waals surface area contributed by atoms with E-state index in [1.54, 1.807) is 18.2 Å². The van der Waals surface area contributed by atoms with Crippen LogP contribution in [-0.2, 0) is 0 Å². The van der Waals surface area contributed by atoms with Gasteiger partial charge in [-0.05, 0) is 67.4 Å². The second kappa shape index (κ2) is 7.28. The van der Waals surface area contributed by atoms with Crippen molar-refractivity contribution in [3.63, 3.8) is 0 Å². The molecule has 0 aliphatic rings. The van der Waals surface area contributed by atoms with Crippen molar-refractivity contribution in [1.29, 1.82) is 0 Å². The summed E-state index contributed by atoms with van der Waals surface area (Å²) >= 11 is 1.33. The van der Waals surface area contributed by atoms with E-state index in [9.17, 15) is 9.59 Å². The average molecular weight is 391 g/mol. The highest BCUT2D eigenvalue weighted by Crippen LogP contribution is 2.29. The molecule has 2 heterocycles. The molecule has 7 heteroatoms. The predicted octanol–water partition coefficient (Wildman–Crippen LogP) is 5.01. The van der Waals surface area contributed by atoms with Gasteiger partial charge >= 0.3 is 0 Å². The Morgan fingerprint density at radius 1 is 0.964 bits per heavy atom. The van der Waals surface area contributed by atoms with Gasteiger partial charge in [0.25, 0.3) is 11.8 Å². The maximum absolute atomic E-state index is 12.5. The number of aryl methyl sites for hydroxylation is 2. The van der Waals surface area contributed by atoms with Crippen LogP contribution in [0.4, 0.5) is 10.8 Å². The number of thiazole rings is 1. The van der Waals surface area contributed by atoms with Gasteiger partial charge in [0, 0.05) is 11.3 Å². The smallest absolute Gasteiger partial charge is 0.293 e. The van der Waals surface area contributed by atoms with Crippen LogP contribution in [-0.4, -0.2) is 16.8 Å². The van der Waals surface area contributed by atoms with E-state index in [1.165, 1.54) is 17.6 Å². The third-order valence-electron chi connectivity index (χ3n) is 4.38. The largest absolute Gasteiger partial charge is 0.459 e. The van der Waals surface area contributed by atoms with Gasteiger partial charge in [0.05, 0.1) is 16.5 Å². The fourth-order valence-electron chi connectivity index (χ4n) is 2.71. The number of anilines is 2. The number of amides is 2. The first-order valence-corrected chi connectivity index (χ1v) is 9.45. The second-order valence-corrected chi connectivity index (χ2v) is 7.42. The Kier molecular flexibility index (Phi) is 4.67. The molecule has 2 amide bonds. The first-order chi connectivity index (χ1) is 13.5. The fourth-order valence-corrected chi connectivity index (χ4v) is 3.61. The van der Waals surface area contributed by atoms with Gasteiger partial charge in [0.1, 0.15) is 0 Å². The van der Waals surface area contributed by atoms with Crippen LogP contribution in [0.15, 0.2) is 59.2 Å². The zero-order valence-electron chi connectivity index (χ0n) is 15.3. The first-order valence-electron chi connectivity index (χ1n) is 8.63. The van der Waals surface area contributed by atoms with E-state index in [2.05, 4.69) is 15.6 Å². The number of nitrogens with zero attached hydrogens (tertiary/aromatic N) is 1. The third kappa shape index (κ3) is 3.65. The zero-order valence-corrected chi connectivity index (χ0v) is 16.1. The van der Waals surface area contributed by atoms with E-state index in [0.717, 1.165) is 21.3 Å². The van der Waals surface area contributed by atoms with Crippen molar-refractivity contribution >= 4 is 44.2 Å². The van der Waals surface area contributed by atoms with Gasteiger partial charge in [-0.2, -0.15) is 0 Å². The topological polar surface area (TPSA) is 84.2 Å². The predicted molar refractivity (Wildman–Crippen MR) is 110 cm³/mol. The summed E-state index contributed by atoms with van der Waals surface area (Å²) in [5.74, 6) is -0.300. The van der Waals surface area contributed by atoms with E-state index < -0.39 is 0 Å². The molecular formula is C21H17N3O3S. The maximum atomic E-state index is 12.5. The summed E-state index contributed by atoms with van der Waals surface area (Å²) in [6, 6.07) is 14.3. The maximum Gasteiger partial charge on any atom is 0.293 e. The molecule has 4 rings (SSSR count). The SMILES string of the molecule is Cc1ccc(C(=O)Nc2ccc3nc(NC(=O)c4ccco4)sc3c2)cc1C. The molecule has 2 N–H and O–H groups in total. The molecule has 0 aliphatic carbocycles. The van der Waals surface area contributed by atoms with E-state index in [1.807, 2.05) is 44.2 Å². The Labute approximate surface area is 165 Å². The number of rotatable bonds is 4. The van der Waals surface area contributed by atoms with Crippen LogP contribution in [0.25, 0.3) is 10.2 Å². The summed E-state index contributed by atoms with van der Waals surface area (Å²) in [4.78, 5) is 29.0. The molecule has 0 aliphatic heterocycles. The van der Waals surface area contributed by atoms with Gasteiger partial charge in [-0.1, -0.05) is 17.4 Å². The summed E-state index contributed by atoms with van der Waals surface area (Å²) in [6.45, 7) is 3.99. The van der Waals surface area contributed by atoms with E-state index in [4.69, 9.17) is 4.42 Å². The molecule has 2 aromatic heterocycles. The van der Waals surface area contributed by atoms with Crippen molar-refractivity contribution in [3.05, 3.63) is 77.2 Å². The van der Waals surface area contributed by atoms with E-state index in [-0.39, 0.29) is 17.6 Å². The van der Waals surface area contributed by atoms with Crippen LogP contribution in [0.3, 0.4) is 0 Å². The quantitative estimate of drug-likeness (QED) is 0.512. The summed E-state index contributed by atoms with van der Waals surface area (Å²) in [7, 11) is 0. The van der Waals surface area contributed by atoms with Crippen molar-refractivity contribution in [2.24, 2.45) is 0 Å². The summed E-state index contributed by atoms with van der Waals surface area (Å²) in [5, 5.41) is 6.09. The summed E-state index contributed by atoms with van der Waals surface area (Å²) in [5.41, 5.74) is 4.24. The lowest BCUT2D eigenvalue weighted by Crippen LogP contribution is -2.12. The number of carbonyl (C=O) groups is 2. The van der Waals surface area contributed by atoms with Gasteiger partial charge in [-0.15, -0.1) is 0 Å². The van der Waals surface area contributed by atoms with E-state index >= 15 is 0 Å². The molecule has 4 aromatic rings. The molecule has 0 bridgehead atoms. The van der Waals surface area contributed by atoms with Gasteiger partial charge < -0.3 is 9.73 Å². The molecule has 2 aromatic carbocycles. The zero-order chi connectivity index (χ0) is 19.7. The number of hydrogen-bond acceptors (Lipinski definition) is 5. The highest BCUT2D eigenvalue weighted by atomic mass is 32.1. The molecule has 0 unspecified atom stereocenters. The monoisotopic (exact) mass is 391 g/mol. The highest BCUT2D eigenvalue weighted by molar-refractivity contribution is 7.22. The molecule has 140 valence electrons. The van der Waals surface area contributed by atoms with Crippen molar-refractivity contribution in [1.82, 2.24) is 4.98 Å². The minimum absolute atomic E-state index is 0.168. The standard InChI is InChI=1S/C21H17N3O3S/c1-12-5-6-14(10-13(12)2)19(25)22-15-7-8-16-18(11-15)28-21(23-16)24-20(26)17-4-3-9-27-17/h3-11H,1-2H3,(H,22,25)(H,23,24,26). The Hall–Kier alpha value is -3.45. The Bertz CT molecular complexity index is 1180. The molecule has 0 radical (unpaired) electrons. The van der Waals surface area contributed by atoms with E-state index in [0.29, 0.717) is 16.4 Å². The average Bonchev–Trinajstić information content (AvgIpc) is 3.33. The van der Waals surface area contributed by atoms with Crippen molar-refractivity contribution in [3.8, 4) is 0 Å². The molecule has 0 saturated heterocycles. The van der Waals surface area contributed by atoms with Crippen LogP contribution in [0.5, 0.6) is 0 Å². The lowest BCUT2D eigenvalue weighted by Gasteiger charge is -2.07. The minimum atomic E-state index is -0.354. The molecule has 6 nitrogen and oxygen atoms in total. The van der Waals surface area contributed by atoms with Crippen LogP contribution < -0.4 is 10.6 Å². The number of hydrogen-bond donors (Lipinski definition) is 2. The van der Waals surface area contributed by atoms with Crippen LogP contribution in [0.1, 0.15) is 32.0 Å². The second-order valence-electron chi connectivity index (χ2n) is 6.39. The fraction of sp³-hybridized carbons (Fsp3) is 0.0952. The summed E-state index contributed by atoms with van der Waals surface area (Å²) < 4.78 is 5.93. The Balaban J connectivity index is 1.52. The van der Waals surface area contributed by atoms with Crippen LogP contribution in [0.2, 0.25) is 0 Å². The van der Waals surface area contributed by atoms with Gasteiger partial charge in [0.2, 0.25) is 0 Å². The van der Waals surface area contributed by atoms with Crippen LogP contribution in [0, 0.1) is 13.8 Å². The summed E-state index contributed by atoms with van der Waals surface area (Å²) in [6.07, 6.45) is 1.44. The number of furan rings is 1.